The van der Waals surface area contributed by atoms with E-state index >= 15 is 0 Å². The Bertz CT molecular complexity index is 162. The maximum Gasteiger partial charge on any atom is 0.516 e. The van der Waals surface area contributed by atoms with Crippen molar-refractivity contribution >= 4 is 12.1 Å². The molecule has 0 atom stereocenters. The van der Waals surface area contributed by atoms with Gasteiger partial charge in [-0.05, 0) is 0 Å². The van der Waals surface area contributed by atoms with Crippen molar-refractivity contribution in [1.29, 1.82) is 0 Å². The number of ether oxygens (including phenoxy) is 2. The molecule has 0 heterocycles. The molecule has 0 radical (unpaired) electrons. The van der Waals surface area contributed by atoms with Crippen LogP contribution in [0.1, 0.15) is 13.3 Å². The molecule has 62 valence electrons. The van der Waals surface area contributed by atoms with Gasteiger partial charge in [0, 0.05) is 6.42 Å². The number of carbonyl (C=O) groups excluding carboxylic acids is 2. The van der Waals surface area contributed by atoms with Crippen LogP contribution in [0.2, 0.25) is 0 Å². The first kappa shape index (κ1) is 9.68. The van der Waals surface area contributed by atoms with Crippen molar-refractivity contribution in [2.24, 2.45) is 0 Å². The zero-order chi connectivity index (χ0) is 8.69. The smallest absolute Gasteiger partial charge is 0.430 e. The van der Waals surface area contributed by atoms with E-state index in [1.165, 1.54) is 6.08 Å². The van der Waals surface area contributed by atoms with Gasteiger partial charge < -0.3 is 9.47 Å². The summed E-state index contributed by atoms with van der Waals surface area (Å²) in [6.07, 6.45) is 0.567. The van der Waals surface area contributed by atoms with Crippen LogP contribution >= 0.6 is 0 Å². The zero-order valence-corrected chi connectivity index (χ0v) is 6.33. The second-order valence-corrected chi connectivity index (χ2v) is 1.68. The van der Waals surface area contributed by atoms with E-state index in [0.29, 0.717) is 0 Å². The van der Waals surface area contributed by atoms with Gasteiger partial charge in [0.15, 0.2) is 0 Å². The fourth-order valence-corrected chi connectivity index (χ4v) is 0.322. The highest BCUT2D eigenvalue weighted by molar-refractivity contribution is 5.81. The van der Waals surface area contributed by atoms with Gasteiger partial charge in [0.25, 0.3) is 0 Å². The van der Waals surface area contributed by atoms with Crippen molar-refractivity contribution in [1.82, 2.24) is 0 Å². The van der Waals surface area contributed by atoms with Crippen LogP contribution in [0, 0.1) is 0 Å². The summed E-state index contributed by atoms with van der Waals surface area (Å²) in [5.41, 5.74) is 0. The first-order chi connectivity index (χ1) is 5.20. The molecule has 0 bridgehead atoms. The van der Waals surface area contributed by atoms with Gasteiger partial charge in [-0.25, -0.2) is 4.79 Å². The Morgan fingerprint density at radius 2 is 2.18 bits per heavy atom. The van der Waals surface area contributed by atoms with E-state index in [0.717, 1.165) is 0 Å². The van der Waals surface area contributed by atoms with E-state index < -0.39 is 12.1 Å². The number of hydrogen-bond donors (Lipinski definition) is 0. The van der Waals surface area contributed by atoms with Crippen LogP contribution in [0.4, 0.5) is 4.79 Å². The van der Waals surface area contributed by atoms with Crippen molar-refractivity contribution < 1.29 is 19.1 Å². The molecule has 0 saturated heterocycles. The standard InChI is InChI=1S/C7H10O4/c1-3-5-10-7(9)11-6(8)4-2/h3H,1,4-5H2,2H3. The third-order valence-electron chi connectivity index (χ3n) is 0.805. The van der Waals surface area contributed by atoms with Crippen LogP contribution in [0.15, 0.2) is 12.7 Å². The fraction of sp³-hybridized carbons (Fsp3) is 0.429. The maximum absolute atomic E-state index is 10.5. The Morgan fingerprint density at radius 1 is 1.55 bits per heavy atom. The third-order valence-corrected chi connectivity index (χ3v) is 0.805. The molecule has 0 aromatic heterocycles. The van der Waals surface area contributed by atoms with Crippen LogP contribution in [0.3, 0.4) is 0 Å². The summed E-state index contributed by atoms with van der Waals surface area (Å²) < 4.78 is 8.52. The first-order valence-electron chi connectivity index (χ1n) is 3.19. The number of rotatable bonds is 3. The Morgan fingerprint density at radius 3 is 2.64 bits per heavy atom. The summed E-state index contributed by atoms with van der Waals surface area (Å²) in [5.74, 6) is -0.598. The summed E-state index contributed by atoms with van der Waals surface area (Å²) in [6, 6.07) is 0. The summed E-state index contributed by atoms with van der Waals surface area (Å²) >= 11 is 0. The molecule has 0 fully saturated rings. The predicted molar refractivity (Wildman–Crippen MR) is 37.9 cm³/mol. The predicted octanol–water partition coefficient (Wildman–Crippen LogP) is 1.26. The molecule has 0 unspecified atom stereocenters. The fourth-order valence-electron chi connectivity index (χ4n) is 0.322. The highest BCUT2D eigenvalue weighted by Gasteiger charge is 2.07. The van der Waals surface area contributed by atoms with Gasteiger partial charge in [-0.3, -0.25) is 4.79 Å². The first-order valence-corrected chi connectivity index (χ1v) is 3.19. The van der Waals surface area contributed by atoms with Crippen LogP contribution in [-0.4, -0.2) is 18.7 Å². The van der Waals surface area contributed by atoms with Crippen molar-refractivity contribution in [2.75, 3.05) is 6.61 Å². The van der Waals surface area contributed by atoms with E-state index in [2.05, 4.69) is 16.1 Å². The van der Waals surface area contributed by atoms with Gasteiger partial charge in [-0.15, -0.1) is 0 Å². The van der Waals surface area contributed by atoms with Crippen LogP contribution in [0.5, 0.6) is 0 Å². The topological polar surface area (TPSA) is 52.6 Å². The molecule has 0 amide bonds. The van der Waals surface area contributed by atoms with Gasteiger partial charge in [-0.1, -0.05) is 19.6 Å². The highest BCUT2D eigenvalue weighted by atomic mass is 16.7. The molecule has 0 aliphatic heterocycles. The van der Waals surface area contributed by atoms with Crippen LogP contribution in [-0.2, 0) is 14.3 Å². The lowest BCUT2D eigenvalue weighted by atomic mass is 10.5. The molecule has 0 N–H and O–H groups in total. The van der Waals surface area contributed by atoms with Gasteiger partial charge in [0.1, 0.15) is 6.61 Å². The minimum absolute atomic E-state index is 0.0514. The SMILES string of the molecule is C=CCOC(=O)OC(=O)CC. The van der Waals surface area contributed by atoms with E-state index in [1.54, 1.807) is 6.92 Å². The van der Waals surface area contributed by atoms with Crippen molar-refractivity contribution in [2.45, 2.75) is 13.3 Å². The Labute approximate surface area is 64.8 Å². The number of carbonyl (C=O) groups is 2. The minimum Gasteiger partial charge on any atom is -0.430 e. The van der Waals surface area contributed by atoms with E-state index in [4.69, 9.17) is 0 Å². The Balaban J connectivity index is 3.51. The molecule has 0 aliphatic carbocycles. The van der Waals surface area contributed by atoms with Crippen molar-refractivity contribution in [3.63, 3.8) is 0 Å². The lowest BCUT2D eigenvalue weighted by Gasteiger charge is -1.99. The maximum atomic E-state index is 10.5. The monoisotopic (exact) mass is 158 g/mol. The van der Waals surface area contributed by atoms with Gasteiger partial charge in [0.05, 0.1) is 0 Å². The third kappa shape index (κ3) is 5.14. The minimum atomic E-state index is -0.975. The normalized spacial score (nSPS) is 8.45. The molecular formula is C7H10O4. The van der Waals surface area contributed by atoms with Crippen LogP contribution < -0.4 is 0 Å². The Kier molecular flexibility index (Phi) is 4.81. The van der Waals surface area contributed by atoms with Gasteiger partial charge in [0.2, 0.25) is 0 Å². The molecular weight excluding hydrogens is 148 g/mol. The molecule has 4 heteroatoms. The molecule has 11 heavy (non-hydrogen) atoms. The molecule has 0 aromatic carbocycles. The van der Waals surface area contributed by atoms with Crippen molar-refractivity contribution in [3.8, 4) is 0 Å². The molecule has 0 saturated carbocycles. The molecule has 0 spiro atoms. The highest BCUT2D eigenvalue weighted by Crippen LogP contribution is 1.89. The van der Waals surface area contributed by atoms with Gasteiger partial charge >= 0.3 is 12.1 Å². The average molecular weight is 158 g/mol. The lowest BCUT2D eigenvalue weighted by Crippen LogP contribution is -2.12. The molecule has 0 aliphatic rings. The summed E-state index contributed by atoms with van der Waals surface area (Å²) in [6.45, 7) is 4.95. The second kappa shape index (κ2) is 5.46. The molecule has 0 rings (SSSR count). The van der Waals surface area contributed by atoms with Gasteiger partial charge in [-0.2, -0.15) is 0 Å². The number of esters is 1. The summed E-state index contributed by atoms with van der Waals surface area (Å²) in [7, 11) is 0. The molecule has 0 aromatic rings. The van der Waals surface area contributed by atoms with Crippen LogP contribution in [0.25, 0.3) is 0 Å². The lowest BCUT2D eigenvalue weighted by molar-refractivity contribution is -0.139. The van der Waals surface area contributed by atoms with E-state index in [-0.39, 0.29) is 13.0 Å². The second-order valence-electron chi connectivity index (χ2n) is 1.68. The quantitative estimate of drug-likeness (QED) is 0.352. The Hall–Kier alpha value is -1.32. The largest absolute Gasteiger partial charge is 0.516 e. The van der Waals surface area contributed by atoms with E-state index in [9.17, 15) is 9.59 Å². The summed E-state index contributed by atoms with van der Waals surface area (Å²) in [5, 5.41) is 0. The average Bonchev–Trinajstić information content (AvgIpc) is 2.00. The zero-order valence-electron chi connectivity index (χ0n) is 6.33. The van der Waals surface area contributed by atoms with Crippen molar-refractivity contribution in [3.05, 3.63) is 12.7 Å². The van der Waals surface area contributed by atoms with E-state index in [1.807, 2.05) is 0 Å². The summed E-state index contributed by atoms with van der Waals surface area (Å²) in [4.78, 5) is 20.9. The molecule has 4 nitrogen and oxygen atoms in total. The number of hydrogen-bond acceptors (Lipinski definition) is 4.